The van der Waals surface area contributed by atoms with Gasteiger partial charge in [0.05, 0.1) is 6.07 Å². The first-order valence-corrected chi connectivity index (χ1v) is 6.32. The minimum absolute atomic E-state index is 0.103. The number of halogens is 3. The molecule has 0 saturated carbocycles. The van der Waals surface area contributed by atoms with E-state index in [0.717, 1.165) is 24.3 Å². The number of anilines is 1. The van der Waals surface area contributed by atoms with Gasteiger partial charge in [-0.25, -0.2) is 0 Å². The summed E-state index contributed by atoms with van der Waals surface area (Å²) in [6.45, 7) is 0. The first-order valence-electron chi connectivity index (χ1n) is 6.32. The summed E-state index contributed by atoms with van der Waals surface area (Å²) >= 11 is 0. The summed E-state index contributed by atoms with van der Waals surface area (Å²) in [5, 5.41) is 12.8. The number of hydrogen-bond donors (Lipinski definition) is 1. The van der Waals surface area contributed by atoms with Gasteiger partial charge in [-0.05, 0) is 36.4 Å². The van der Waals surface area contributed by atoms with Crippen molar-refractivity contribution in [3.63, 3.8) is 0 Å². The van der Waals surface area contributed by atoms with Crippen molar-refractivity contribution in [1.82, 2.24) is 0 Å². The summed E-state index contributed by atoms with van der Waals surface area (Å²) in [5.41, 5.74) is 0.240. The van der Waals surface area contributed by atoms with Crippen LogP contribution in [0.15, 0.2) is 46.9 Å². The van der Waals surface area contributed by atoms with E-state index in [0.29, 0.717) is 0 Å². The summed E-state index contributed by atoms with van der Waals surface area (Å²) in [6, 6.07) is 6.99. The van der Waals surface area contributed by atoms with Crippen LogP contribution in [0.4, 0.5) is 24.7 Å². The Morgan fingerprint density at radius 2 is 1.88 bits per heavy atom. The number of furan rings is 1. The molecule has 10 heteroatoms. The molecular formula is C14H9F3N2O5. The van der Waals surface area contributed by atoms with Crippen LogP contribution in [-0.4, -0.2) is 17.2 Å². The number of carbonyl (C=O) groups is 1. The highest BCUT2D eigenvalue weighted by Gasteiger charge is 2.30. The van der Waals surface area contributed by atoms with Gasteiger partial charge in [-0.1, -0.05) is 0 Å². The van der Waals surface area contributed by atoms with E-state index < -0.39 is 28.8 Å². The number of benzene rings is 1. The van der Waals surface area contributed by atoms with Crippen molar-refractivity contribution in [1.29, 1.82) is 0 Å². The van der Waals surface area contributed by atoms with E-state index >= 15 is 0 Å². The third-order valence-electron chi connectivity index (χ3n) is 2.55. The van der Waals surface area contributed by atoms with Crippen molar-refractivity contribution >= 4 is 23.6 Å². The van der Waals surface area contributed by atoms with Gasteiger partial charge < -0.3 is 14.5 Å². The molecule has 1 aromatic heterocycles. The average molecular weight is 342 g/mol. The van der Waals surface area contributed by atoms with E-state index in [-0.39, 0.29) is 11.4 Å². The van der Waals surface area contributed by atoms with Crippen LogP contribution in [0.25, 0.3) is 6.08 Å². The van der Waals surface area contributed by atoms with Crippen molar-refractivity contribution < 1.29 is 32.0 Å². The molecular weight excluding hydrogens is 333 g/mol. The van der Waals surface area contributed by atoms with Gasteiger partial charge in [0.1, 0.15) is 16.4 Å². The minimum Gasteiger partial charge on any atom is -0.406 e. The topological polar surface area (TPSA) is 94.6 Å². The second kappa shape index (κ2) is 6.86. The third-order valence-corrected chi connectivity index (χ3v) is 2.55. The van der Waals surface area contributed by atoms with Gasteiger partial charge in [-0.2, -0.15) is 0 Å². The molecule has 0 bridgehead atoms. The Kier molecular flexibility index (Phi) is 4.87. The largest absolute Gasteiger partial charge is 0.573 e. The fraction of sp³-hybridized carbons (Fsp3) is 0.0714. The molecule has 1 N–H and O–H groups in total. The zero-order valence-corrected chi connectivity index (χ0v) is 11.7. The first-order chi connectivity index (χ1) is 11.2. The van der Waals surface area contributed by atoms with E-state index in [9.17, 15) is 28.1 Å². The number of nitrogens with one attached hydrogen (secondary N) is 1. The van der Waals surface area contributed by atoms with E-state index in [2.05, 4.69) is 10.1 Å². The van der Waals surface area contributed by atoms with E-state index in [1.165, 1.54) is 24.3 Å². The SMILES string of the molecule is O=C(/C=C/c1ccc([N+](=O)[O-])o1)Nc1ccc(OC(F)(F)F)cc1. The summed E-state index contributed by atoms with van der Waals surface area (Å²) in [5.74, 6) is -1.38. The molecule has 1 heterocycles. The fourth-order valence-corrected chi connectivity index (χ4v) is 1.61. The number of alkyl halides is 3. The number of amides is 1. The first kappa shape index (κ1) is 17.1. The lowest BCUT2D eigenvalue weighted by Gasteiger charge is -2.09. The molecule has 2 rings (SSSR count). The predicted molar refractivity (Wildman–Crippen MR) is 76.2 cm³/mol. The maximum absolute atomic E-state index is 12.0. The van der Waals surface area contributed by atoms with Crippen LogP contribution in [0.5, 0.6) is 5.75 Å². The Morgan fingerprint density at radius 1 is 1.21 bits per heavy atom. The highest BCUT2D eigenvalue weighted by Crippen LogP contribution is 2.24. The maximum Gasteiger partial charge on any atom is 0.573 e. The molecule has 0 radical (unpaired) electrons. The second-order valence-electron chi connectivity index (χ2n) is 4.33. The summed E-state index contributed by atoms with van der Waals surface area (Å²) in [4.78, 5) is 21.4. The number of nitro groups is 1. The van der Waals surface area contributed by atoms with Gasteiger partial charge in [0, 0.05) is 11.8 Å². The smallest absolute Gasteiger partial charge is 0.406 e. The molecule has 0 aliphatic rings. The van der Waals surface area contributed by atoms with E-state index in [1.54, 1.807) is 0 Å². The number of ether oxygens (including phenoxy) is 1. The lowest BCUT2D eigenvalue weighted by Crippen LogP contribution is -2.17. The van der Waals surface area contributed by atoms with Crippen LogP contribution in [-0.2, 0) is 4.79 Å². The Bertz CT molecular complexity index is 765. The van der Waals surface area contributed by atoms with Crippen LogP contribution in [0.2, 0.25) is 0 Å². The summed E-state index contributed by atoms with van der Waals surface area (Å²) in [6.07, 6.45) is -2.52. The Morgan fingerprint density at radius 3 is 2.42 bits per heavy atom. The molecule has 7 nitrogen and oxygen atoms in total. The molecule has 0 aliphatic carbocycles. The summed E-state index contributed by atoms with van der Waals surface area (Å²) < 4.78 is 44.6. The van der Waals surface area contributed by atoms with Crippen molar-refractivity contribution in [2.45, 2.75) is 6.36 Å². The van der Waals surface area contributed by atoms with Crippen molar-refractivity contribution in [3.8, 4) is 5.75 Å². The molecule has 1 amide bonds. The third kappa shape index (κ3) is 5.16. The van der Waals surface area contributed by atoms with Gasteiger partial charge in [0.15, 0.2) is 0 Å². The van der Waals surface area contributed by atoms with Gasteiger partial charge in [0.25, 0.3) is 0 Å². The zero-order valence-electron chi connectivity index (χ0n) is 11.7. The van der Waals surface area contributed by atoms with Crippen molar-refractivity contribution in [2.24, 2.45) is 0 Å². The van der Waals surface area contributed by atoms with Crippen molar-refractivity contribution in [2.75, 3.05) is 5.32 Å². The van der Waals surface area contributed by atoms with Gasteiger partial charge >= 0.3 is 12.2 Å². The number of hydrogen-bond acceptors (Lipinski definition) is 5. The molecule has 0 spiro atoms. The molecule has 1 aromatic carbocycles. The van der Waals surface area contributed by atoms with Crippen LogP contribution in [0.1, 0.15) is 5.76 Å². The molecule has 24 heavy (non-hydrogen) atoms. The average Bonchev–Trinajstić information content (AvgIpc) is 2.95. The van der Waals surface area contributed by atoms with Crippen molar-refractivity contribution in [3.05, 3.63) is 58.3 Å². The number of rotatable bonds is 5. The van der Waals surface area contributed by atoms with Gasteiger partial charge in [-0.15, -0.1) is 13.2 Å². The molecule has 126 valence electrons. The molecule has 0 unspecified atom stereocenters. The standard InChI is InChI=1S/C14H9F3N2O5/c15-14(16,17)24-11-3-1-9(2-4-11)18-12(20)7-5-10-6-8-13(23-10)19(21)22/h1-8H,(H,18,20)/b7-5+. The molecule has 0 saturated heterocycles. The van der Waals surface area contributed by atoms with Crippen LogP contribution >= 0.6 is 0 Å². The van der Waals surface area contributed by atoms with Gasteiger partial charge in [-0.3, -0.25) is 14.9 Å². The van der Waals surface area contributed by atoms with Crippen LogP contribution < -0.4 is 10.1 Å². The highest BCUT2D eigenvalue weighted by molar-refractivity contribution is 6.01. The lowest BCUT2D eigenvalue weighted by atomic mass is 10.3. The Hall–Kier alpha value is -3.30. The second-order valence-corrected chi connectivity index (χ2v) is 4.33. The molecule has 2 aromatic rings. The normalized spacial score (nSPS) is 11.5. The Balaban J connectivity index is 1.94. The molecule has 0 atom stereocenters. The minimum atomic E-state index is -4.79. The molecule has 0 fully saturated rings. The summed E-state index contributed by atoms with van der Waals surface area (Å²) in [7, 11) is 0. The van der Waals surface area contributed by atoms with Crippen LogP contribution in [0, 0.1) is 10.1 Å². The Labute approximate surface area is 132 Å². The maximum atomic E-state index is 12.0. The van der Waals surface area contributed by atoms with E-state index in [4.69, 9.17) is 4.42 Å². The predicted octanol–water partition coefficient (Wildman–Crippen LogP) is 3.74. The fourth-order valence-electron chi connectivity index (χ4n) is 1.61. The zero-order chi connectivity index (χ0) is 17.7. The molecule has 0 aliphatic heterocycles. The lowest BCUT2D eigenvalue weighted by molar-refractivity contribution is -0.402. The highest BCUT2D eigenvalue weighted by atomic mass is 19.4. The van der Waals surface area contributed by atoms with E-state index in [1.807, 2.05) is 0 Å². The monoisotopic (exact) mass is 342 g/mol. The van der Waals surface area contributed by atoms with Gasteiger partial charge in [0.2, 0.25) is 5.91 Å². The number of carbonyl (C=O) groups excluding carboxylic acids is 1. The quantitative estimate of drug-likeness (QED) is 0.507. The number of nitrogens with zero attached hydrogens (tertiary/aromatic N) is 1. The van der Waals surface area contributed by atoms with Crippen LogP contribution in [0.3, 0.4) is 0 Å².